The summed E-state index contributed by atoms with van der Waals surface area (Å²) in [6.45, 7) is 7.86. The minimum Gasteiger partial charge on any atom is -0.507 e. The van der Waals surface area contributed by atoms with Crippen LogP contribution in [-0.4, -0.2) is 15.3 Å². The van der Waals surface area contributed by atoms with Crippen LogP contribution in [0.3, 0.4) is 0 Å². The minimum atomic E-state index is -0.546. The van der Waals surface area contributed by atoms with Gasteiger partial charge in [-0.25, -0.2) is 0 Å². The molecular formula is C23H21I3O3. The van der Waals surface area contributed by atoms with Gasteiger partial charge in [0.1, 0.15) is 17.2 Å². The fourth-order valence-corrected chi connectivity index (χ4v) is 6.15. The van der Waals surface area contributed by atoms with Crippen LogP contribution in [0, 0.1) is 31.5 Å². The van der Waals surface area contributed by atoms with Gasteiger partial charge in [0, 0.05) is 5.41 Å². The Morgan fingerprint density at radius 1 is 0.552 bits per heavy atom. The van der Waals surface area contributed by atoms with E-state index in [9.17, 15) is 15.3 Å². The molecule has 6 heteroatoms. The third kappa shape index (κ3) is 4.08. The Labute approximate surface area is 212 Å². The van der Waals surface area contributed by atoms with Crippen LogP contribution in [0.25, 0.3) is 0 Å². The molecule has 0 amide bonds. The molecule has 0 aromatic heterocycles. The van der Waals surface area contributed by atoms with Crippen LogP contribution < -0.4 is 0 Å². The van der Waals surface area contributed by atoms with E-state index in [0.29, 0.717) is 11.5 Å². The Balaban J connectivity index is 2.42. The number of hydrogen-bond acceptors (Lipinski definition) is 3. The quantitative estimate of drug-likeness (QED) is 0.204. The molecule has 152 valence electrons. The van der Waals surface area contributed by atoms with Gasteiger partial charge in [-0.15, -0.1) is 0 Å². The fraction of sp³-hybridized carbons (Fsp3) is 0.217. The first-order chi connectivity index (χ1) is 13.5. The highest BCUT2D eigenvalue weighted by Gasteiger charge is 2.34. The van der Waals surface area contributed by atoms with E-state index in [1.807, 2.05) is 57.2 Å². The lowest BCUT2D eigenvalue weighted by atomic mass is 9.70. The molecule has 3 rings (SSSR count). The van der Waals surface area contributed by atoms with Crippen molar-refractivity contribution in [3.8, 4) is 17.2 Å². The molecule has 3 aromatic rings. The van der Waals surface area contributed by atoms with Crippen molar-refractivity contribution in [2.24, 2.45) is 0 Å². The van der Waals surface area contributed by atoms with Crippen molar-refractivity contribution in [1.29, 1.82) is 0 Å². The van der Waals surface area contributed by atoms with Gasteiger partial charge < -0.3 is 15.3 Å². The number of aryl methyl sites for hydroxylation is 3. The third-order valence-corrected chi connectivity index (χ3v) is 7.96. The average molecular weight is 726 g/mol. The smallest absolute Gasteiger partial charge is 0.142 e. The summed E-state index contributed by atoms with van der Waals surface area (Å²) < 4.78 is 2.36. The molecule has 0 radical (unpaired) electrons. The molecular weight excluding hydrogens is 705 g/mol. The van der Waals surface area contributed by atoms with Gasteiger partial charge in [-0.3, -0.25) is 0 Å². The zero-order chi connectivity index (χ0) is 21.7. The second kappa shape index (κ2) is 8.41. The van der Waals surface area contributed by atoms with Crippen LogP contribution in [-0.2, 0) is 5.41 Å². The predicted octanol–water partition coefficient (Wildman–Crippen LogP) is 6.90. The monoisotopic (exact) mass is 726 g/mol. The highest BCUT2D eigenvalue weighted by atomic mass is 127. The molecule has 29 heavy (non-hydrogen) atoms. The van der Waals surface area contributed by atoms with Crippen molar-refractivity contribution in [2.45, 2.75) is 33.1 Å². The Bertz CT molecular complexity index is 914. The van der Waals surface area contributed by atoms with Gasteiger partial charge in [-0.2, -0.15) is 0 Å². The Morgan fingerprint density at radius 2 is 0.862 bits per heavy atom. The van der Waals surface area contributed by atoms with E-state index in [2.05, 4.69) is 74.7 Å². The van der Waals surface area contributed by atoms with E-state index in [-0.39, 0.29) is 5.75 Å². The molecule has 0 unspecified atom stereocenters. The second-order valence-electron chi connectivity index (χ2n) is 7.50. The topological polar surface area (TPSA) is 60.7 Å². The van der Waals surface area contributed by atoms with E-state index in [4.69, 9.17) is 0 Å². The number of hydrogen-bond donors (Lipinski definition) is 3. The molecule has 0 saturated carbocycles. The Hall–Kier alpha value is -0.750. The average Bonchev–Trinajstić information content (AvgIpc) is 2.66. The van der Waals surface area contributed by atoms with Crippen molar-refractivity contribution >= 4 is 67.8 Å². The fourth-order valence-electron chi connectivity index (χ4n) is 3.62. The number of benzene rings is 3. The SMILES string of the molecule is Cc1cc([C@@](C)(c2cc(C)c(O)c(I)c2)c2cc(I)c(O)c(I)c2)cc(C)c1O. The predicted molar refractivity (Wildman–Crippen MR) is 142 cm³/mol. The third-order valence-electron chi connectivity index (χ3n) is 5.49. The van der Waals surface area contributed by atoms with E-state index in [1.54, 1.807) is 0 Å². The van der Waals surface area contributed by atoms with Crippen LogP contribution in [0.1, 0.15) is 40.3 Å². The molecule has 0 aliphatic rings. The molecule has 0 aliphatic carbocycles. The zero-order valence-corrected chi connectivity index (χ0v) is 22.9. The number of phenols is 3. The molecule has 0 heterocycles. The summed E-state index contributed by atoms with van der Waals surface area (Å²) in [6.07, 6.45) is 0. The van der Waals surface area contributed by atoms with Crippen LogP contribution in [0.4, 0.5) is 0 Å². The van der Waals surface area contributed by atoms with Gasteiger partial charge in [0.2, 0.25) is 0 Å². The van der Waals surface area contributed by atoms with Gasteiger partial charge >= 0.3 is 0 Å². The van der Waals surface area contributed by atoms with Crippen LogP contribution in [0.2, 0.25) is 0 Å². The number of aromatic hydroxyl groups is 3. The van der Waals surface area contributed by atoms with E-state index in [0.717, 1.165) is 44.1 Å². The molecule has 0 spiro atoms. The molecule has 0 bridgehead atoms. The molecule has 0 fully saturated rings. The molecule has 3 nitrogen and oxygen atoms in total. The van der Waals surface area contributed by atoms with Gasteiger partial charge in [0.05, 0.1) is 10.7 Å². The maximum Gasteiger partial charge on any atom is 0.142 e. The first-order valence-electron chi connectivity index (χ1n) is 8.95. The maximum atomic E-state index is 10.3. The van der Waals surface area contributed by atoms with Crippen LogP contribution in [0.15, 0.2) is 36.4 Å². The van der Waals surface area contributed by atoms with E-state index < -0.39 is 5.41 Å². The van der Waals surface area contributed by atoms with Gasteiger partial charge in [-0.05, 0) is 147 Å². The second-order valence-corrected chi connectivity index (χ2v) is 11.0. The highest BCUT2D eigenvalue weighted by molar-refractivity contribution is 14.1. The summed E-state index contributed by atoms with van der Waals surface area (Å²) in [5.41, 5.74) is 5.03. The zero-order valence-electron chi connectivity index (χ0n) is 16.4. The van der Waals surface area contributed by atoms with Crippen molar-refractivity contribution < 1.29 is 15.3 Å². The van der Waals surface area contributed by atoms with Crippen molar-refractivity contribution in [3.05, 3.63) is 80.5 Å². The van der Waals surface area contributed by atoms with Crippen molar-refractivity contribution in [1.82, 2.24) is 0 Å². The van der Waals surface area contributed by atoms with Gasteiger partial charge in [-0.1, -0.05) is 18.2 Å². The lowest BCUT2D eigenvalue weighted by Gasteiger charge is -2.34. The van der Waals surface area contributed by atoms with E-state index >= 15 is 0 Å². The molecule has 0 saturated heterocycles. The van der Waals surface area contributed by atoms with Gasteiger partial charge in [0.15, 0.2) is 0 Å². The summed E-state index contributed by atoms with van der Waals surface area (Å²) in [5.74, 6) is 0.888. The minimum absolute atomic E-state index is 0.284. The van der Waals surface area contributed by atoms with Crippen LogP contribution in [0.5, 0.6) is 17.2 Å². The highest BCUT2D eigenvalue weighted by Crippen LogP contribution is 2.45. The van der Waals surface area contributed by atoms with Crippen LogP contribution >= 0.6 is 67.8 Å². The first kappa shape index (κ1) is 22.9. The Morgan fingerprint density at radius 3 is 1.28 bits per heavy atom. The summed E-state index contributed by atoms with van der Waals surface area (Å²) in [4.78, 5) is 0. The Kier molecular flexibility index (Phi) is 6.65. The first-order valence-corrected chi connectivity index (χ1v) is 12.2. The number of halogens is 3. The van der Waals surface area contributed by atoms with E-state index in [1.165, 1.54) is 0 Å². The summed E-state index contributed by atoms with van der Waals surface area (Å²) >= 11 is 6.47. The standard InChI is InChI=1S/C23H21I3O3/c1-11-5-14(6-12(2)20(11)27)23(4,15-7-13(3)21(28)17(24)8-15)16-9-18(25)22(29)19(26)10-16/h5-10,27-29H,1-4H3/t23-/m0/s1. The van der Waals surface area contributed by atoms with Gasteiger partial charge in [0.25, 0.3) is 0 Å². The molecule has 0 aliphatic heterocycles. The summed E-state index contributed by atoms with van der Waals surface area (Å²) in [6, 6.07) is 12.1. The molecule has 1 atom stereocenters. The maximum absolute atomic E-state index is 10.3. The molecule has 3 aromatic carbocycles. The lowest BCUT2D eigenvalue weighted by molar-refractivity contribution is 0.465. The lowest BCUT2D eigenvalue weighted by Crippen LogP contribution is -2.26. The molecule has 3 N–H and O–H groups in total. The summed E-state index contributed by atoms with van der Waals surface area (Å²) in [5, 5.41) is 30.9. The van der Waals surface area contributed by atoms with Crippen molar-refractivity contribution in [3.63, 3.8) is 0 Å². The normalized spacial score (nSPS) is 13.3. The van der Waals surface area contributed by atoms with Crippen molar-refractivity contribution in [2.75, 3.05) is 0 Å². The largest absolute Gasteiger partial charge is 0.507 e. The summed E-state index contributed by atoms with van der Waals surface area (Å²) in [7, 11) is 0. The number of rotatable bonds is 3. The number of phenolic OH excluding ortho intramolecular Hbond substituents is 3.